The molecule has 0 radical (unpaired) electrons. The molecule has 106 valence electrons. The number of hydrogen-bond donors (Lipinski definition) is 2. The highest BCUT2D eigenvalue weighted by molar-refractivity contribution is 6.20. The van der Waals surface area contributed by atoms with E-state index in [1.54, 1.807) is 18.6 Å². The van der Waals surface area contributed by atoms with Gasteiger partial charge in [0.05, 0.1) is 5.57 Å². The molecular weight excluding hydrogens is 250 g/mol. The SMILES string of the molecule is O=C(NCC1CCCCC1)C1=CNCc2ccncc21. The van der Waals surface area contributed by atoms with Gasteiger partial charge in [-0.05, 0) is 30.4 Å². The van der Waals surface area contributed by atoms with Crippen LogP contribution in [-0.4, -0.2) is 17.4 Å². The molecule has 0 aromatic carbocycles. The first-order chi connectivity index (χ1) is 9.84. The third-order valence-corrected chi connectivity index (χ3v) is 4.26. The zero-order chi connectivity index (χ0) is 13.8. The second-order valence-electron chi connectivity index (χ2n) is 5.69. The molecule has 0 unspecified atom stereocenters. The van der Waals surface area contributed by atoms with Crippen LogP contribution in [0.1, 0.15) is 43.2 Å². The standard InChI is InChI=1S/C16H21N3O/c20-16(19-8-12-4-2-1-3-5-12)15-11-18-9-13-6-7-17-10-14(13)15/h6-7,10-12,18H,1-5,8-9H2,(H,19,20). The Morgan fingerprint density at radius 2 is 2.20 bits per heavy atom. The number of hydrogen-bond acceptors (Lipinski definition) is 3. The van der Waals surface area contributed by atoms with E-state index in [-0.39, 0.29) is 5.91 Å². The summed E-state index contributed by atoms with van der Waals surface area (Å²) in [6.07, 6.45) is 11.8. The summed E-state index contributed by atoms with van der Waals surface area (Å²) in [5, 5.41) is 6.25. The molecule has 1 aromatic rings. The van der Waals surface area contributed by atoms with Gasteiger partial charge in [-0.25, -0.2) is 0 Å². The van der Waals surface area contributed by atoms with E-state index in [0.717, 1.165) is 24.2 Å². The minimum absolute atomic E-state index is 0.0111. The Kier molecular flexibility index (Phi) is 4.00. The highest BCUT2D eigenvalue weighted by atomic mass is 16.1. The van der Waals surface area contributed by atoms with Crippen molar-refractivity contribution < 1.29 is 4.79 Å². The first-order valence-electron chi connectivity index (χ1n) is 7.49. The number of carbonyl (C=O) groups excluding carboxylic acids is 1. The van der Waals surface area contributed by atoms with Crippen LogP contribution in [0.3, 0.4) is 0 Å². The molecule has 0 bridgehead atoms. The van der Waals surface area contributed by atoms with Gasteiger partial charge in [0, 0.05) is 37.2 Å². The Hall–Kier alpha value is -1.84. The van der Waals surface area contributed by atoms with E-state index in [2.05, 4.69) is 15.6 Å². The summed E-state index contributed by atoms with van der Waals surface area (Å²) in [6.45, 7) is 1.56. The smallest absolute Gasteiger partial charge is 0.253 e. The minimum Gasteiger partial charge on any atom is -0.386 e. The van der Waals surface area contributed by atoms with E-state index in [1.165, 1.54) is 32.1 Å². The molecule has 0 atom stereocenters. The molecule has 0 saturated heterocycles. The van der Waals surface area contributed by atoms with Crippen molar-refractivity contribution in [2.24, 2.45) is 5.92 Å². The average molecular weight is 271 g/mol. The molecule has 4 heteroatoms. The minimum atomic E-state index is 0.0111. The summed E-state index contributed by atoms with van der Waals surface area (Å²) >= 11 is 0. The molecule has 2 aliphatic rings. The van der Waals surface area contributed by atoms with Crippen LogP contribution >= 0.6 is 0 Å². The summed E-state index contributed by atoms with van der Waals surface area (Å²) in [6, 6.07) is 1.96. The molecule has 2 heterocycles. The fourth-order valence-corrected chi connectivity index (χ4v) is 3.07. The number of fused-ring (bicyclic) bond motifs is 1. The zero-order valence-corrected chi connectivity index (χ0v) is 11.7. The van der Waals surface area contributed by atoms with Gasteiger partial charge in [0.15, 0.2) is 0 Å². The van der Waals surface area contributed by atoms with Crippen molar-refractivity contribution in [2.75, 3.05) is 6.54 Å². The van der Waals surface area contributed by atoms with Crippen LogP contribution in [0.2, 0.25) is 0 Å². The number of nitrogens with one attached hydrogen (secondary N) is 2. The summed E-state index contributed by atoms with van der Waals surface area (Å²) in [7, 11) is 0. The quantitative estimate of drug-likeness (QED) is 0.886. The Balaban J connectivity index is 1.63. The maximum Gasteiger partial charge on any atom is 0.253 e. The van der Waals surface area contributed by atoms with E-state index in [9.17, 15) is 4.79 Å². The van der Waals surface area contributed by atoms with Crippen molar-refractivity contribution in [1.29, 1.82) is 0 Å². The molecule has 1 amide bonds. The predicted molar refractivity (Wildman–Crippen MR) is 78.6 cm³/mol. The molecule has 20 heavy (non-hydrogen) atoms. The van der Waals surface area contributed by atoms with Crippen LogP contribution in [0.5, 0.6) is 0 Å². The van der Waals surface area contributed by atoms with Gasteiger partial charge < -0.3 is 10.6 Å². The van der Waals surface area contributed by atoms with E-state index in [4.69, 9.17) is 0 Å². The Morgan fingerprint density at radius 3 is 3.05 bits per heavy atom. The van der Waals surface area contributed by atoms with Gasteiger partial charge in [0.25, 0.3) is 5.91 Å². The van der Waals surface area contributed by atoms with Gasteiger partial charge in [-0.2, -0.15) is 0 Å². The Morgan fingerprint density at radius 1 is 1.35 bits per heavy atom. The third-order valence-electron chi connectivity index (χ3n) is 4.26. The lowest BCUT2D eigenvalue weighted by Gasteiger charge is -2.23. The van der Waals surface area contributed by atoms with Crippen LogP contribution < -0.4 is 10.6 Å². The van der Waals surface area contributed by atoms with E-state index < -0.39 is 0 Å². The molecule has 1 fully saturated rings. The monoisotopic (exact) mass is 271 g/mol. The van der Waals surface area contributed by atoms with Crippen molar-refractivity contribution in [3.8, 4) is 0 Å². The molecular formula is C16H21N3O. The normalized spacial score (nSPS) is 18.7. The lowest BCUT2D eigenvalue weighted by atomic mass is 9.89. The highest BCUT2D eigenvalue weighted by Crippen LogP contribution is 2.24. The number of pyridine rings is 1. The lowest BCUT2D eigenvalue weighted by molar-refractivity contribution is -0.115. The van der Waals surface area contributed by atoms with Crippen molar-refractivity contribution in [3.63, 3.8) is 0 Å². The molecule has 2 N–H and O–H groups in total. The molecule has 4 nitrogen and oxygen atoms in total. The molecule has 1 saturated carbocycles. The molecule has 1 aromatic heterocycles. The zero-order valence-electron chi connectivity index (χ0n) is 11.7. The molecule has 1 aliphatic heterocycles. The molecule has 0 spiro atoms. The number of amides is 1. The van der Waals surface area contributed by atoms with E-state index in [1.807, 2.05) is 6.07 Å². The predicted octanol–water partition coefficient (Wildman–Crippen LogP) is 2.22. The van der Waals surface area contributed by atoms with E-state index >= 15 is 0 Å². The number of carbonyl (C=O) groups is 1. The first kappa shape index (κ1) is 13.2. The maximum absolute atomic E-state index is 12.4. The van der Waals surface area contributed by atoms with Crippen molar-refractivity contribution in [2.45, 2.75) is 38.6 Å². The van der Waals surface area contributed by atoms with Crippen molar-refractivity contribution in [3.05, 3.63) is 35.8 Å². The van der Waals surface area contributed by atoms with E-state index in [0.29, 0.717) is 11.5 Å². The van der Waals surface area contributed by atoms with Gasteiger partial charge in [0.2, 0.25) is 0 Å². The molecule has 1 aliphatic carbocycles. The lowest BCUT2D eigenvalue weighted by Crippen LogP contribution is -2.32. The average Bonchev–Trinajstić information content (AvgIpc) is 2.53. The first-order valence-corrected chi connectivity index (χ1v) is 7.49. The number of rotatable bonds is 3. The Bertz CT molecular complexity index is 518. The summed E-state index contributed by atoms with van der Waals surface area (Å²) in [5.41, 5.74) is 2.79. The van der Waals surface area contributed by atoms with Gasteiger partial charge in [-0.15, -0.1) is 0 Å². The van der Waals surface area contributed by atoms with Crippen molar-refractivity contribution in [1.82, 2.24) is 15.6 Å². The number of aromatic nitrogens is 1. The summed E-state index contributed by atoms with van der Waals surface area (Å²) < 4.78 is 0. The van der Waals surface area contributed by atoms with Crippen LogP contribution in [0.25, 0.3) is 5.57 Å². The third kappa shape index (κ3) is 2.84. The van der Waals surface area contributed by atoms with Gasteiger partial charge in [-0.1, -0.05) is 19.3 Å². The highest BCUT2D eigenvalue weighted by Gasteiger charge is 2.20. The van der Waals surface area contributed by atoms with Crippen molar-refractivity contribution >= 4 is 11.5 Å². The second kappa shape index (κ2) is 6.07. The Labute approximate surface area is 119 Å². The number of nitrogens with zero attached hydrogens (tertiary/aromatic N) is 1. The molecule has 3 rings (SSSR count). The summed E-state index contributed by atoms with van der Waals surface area (Å²) in [4.78, 5) is 16.5. The van der Waals surface area contributed by atoms with Gasteiger partial charge in [-0.3, -0.25) is 9.78 Å². The van der Waals surface area contributed by atoms with Crippen LogP contribution in [0, 0.1) is 5.92 Å². The fraction of sp³-hybridized carbons (Fsp3) is 0.500. The maximum atomic E-state index is 12.4. The summed E-state index contributed by atoms with van der Waals surface area (Å²) in [5.74, 6) is 0.662. The van der Waals surface area contributed by atoms with Crippen LogP contribution in [-0.2, 0) is 11.3 Å². The largest absolute Gasteiger partial charge is 0.386 e. The van der Waals surface area contributed by atoms with Crippen LogP contribution in [0.15, 0.2) is 24.7 Å². The van der Waals surface area contributed by atoms with Crippen LogP contribution in [0.4, 0.5) is 0 Å². The fourth-order valence-electron chi connectivity index (χ4n) is 3.07. The van der Waals surface area contributed by atoms with Gasteiger partial charge >= 0.3 is 0 Å². The topological polar surface area (TPSA) is 54.0 Å². The van der Waals surface area contributed by atoms with Gasteiger partial charge in [0.1, 0.15) is 0 Å². The second-order valence-corrected chi connectivity index (χ2v) is 5.69.